The standard InChI is InChI=1S/C24H29ClN2O6/c1-24(2,23(30)32-16-31-21(28)4-3-14-26)33-20-11-5-17(6-12-20)13-15-27-22(29)18-7-9-19(25)10-8-18/h5-12H,3-4,13-16,26H2,1-2H3,(H,27,29). The number of benzene rings is 2. The van der Waals surface area contributed by atoms with Gasteiger partial charge in [-0.15, -0.1) is 0 Å². The number of carbonyl (C=O) groups excluding carboxylic acids is 3. The minimum absolute atomic E-state index is 0.169. The van der Waals surface area contributed by atoms with Crippen molar-refractivity contribution in [1.29, 1.82) is 0 Å². The van der Waals surface area contributed by atoms with Gasteiger partial charge < -0.3 is 25.3 Å². The molecule has 0 saturated heterocycles. The molecule has 0 aliphatic heterocycles. The largest absolute Gasteiger partial charge is 0.476 e. The van der Waals surface area contributed by atoms with Crippen LogP contribution in [0, 0.1) is 0 Å². The summed E-state index contributed by atoms with van der Waals surface area (Å²) in [7, 11) is 0. The van der Waals surface area contributed by atoms with Crippen LogP contribution >= 0.6 is 11.6 Å². The molecule has 178 valence electrons. The monoisotopic (exact) mass is 476 g/mol. The summed E-state index contributed by atoms with van der Waals surface area (Å²) in [5, 5.41) is 3.43. The first-order chi connectivity index (χ1) is 15.7. The number of rotatable bonds is 12. The number of esters is 2. The fourth-order valence-corrected chi connectivity index (χ4v) is 2.85. The number of ether oxygens (including phenoxy) is 3. The van der Waals surface area contributed by atoms with E-state index >= 15 is 0 Å². The summed E-state index contributed by atoms with van der Waals surface area (Å²) >= 11 is 5.83. The van der Waals surface area contributed by atoms with Crippen molar-refractivity contribution in [3.8, 4) is 5.75 Å². The molecular weight excluding hydrogens is 448 g/mol. The number of nitrogens with two attached hydrogens (primary N) is 1. The molecule has 9 heteroatoms. The Balaban J connectivity index is 1.76. The number of halogens is 1. The first kappa shape index (κ1) is 26.2. The average Bonchev–Trinajstić information content (AvgIpc) is 2.79. The molecule has 0 saturated carbocycles. The van der Waals surface area contributed by atoms with E-state index in [2.05, 4.69) is 5.32 Å². The van der Waals surface area contributed by atoms with Crippen molar-refractivity contribution in [3.05, 3.63) is 64.7 Å². The lowest BCUT2D eigenvalue weighted by molar-refractivity contribution is -0.177. The van der Waals surface area contributed by atoms with Gasteiger partial charge in [-0.25, -0.2) is 4.79 Å². The van der Waals surface area contributed by atoms with Crippen molar-refractivity contribution in [2.24, 2.45) is 5.73 Å². The lowest BCUT2D eigenvalue weighted by Gasteiger charge is -2.24. The molecule has 3 N–H and O–H groups in total. The van der Waals surface area contributed by atoms with Gasteiger partial charge in [-0.3, -0.25) is 9.59 Å². The van der Waals surface area contributed by atoms with Crippen LogP contribution in [0.1, 0.15) is 42.6 Å². The summed E-state index contributed by atoms with van der Waals surface area (Å²) in [6, 6.07) is 13.8. The van der Waals surface area contributed by atoms with Crippen molar-refractivity contribution >= 4 is 29.4 Å². The lowest BCUT2D eigenvalue weighted by Crippen LogP contribution is -2.40. The maximum Gasteiger partial charge on any atom is 0.352 e. The molecule has 33 heavy (non-hydrogen) atoms. The SMILES string of the molecule is CC(C)(Oc1ccc(CCNC(=O)c2ccc(Cl)cc2)cc1)C(=O)OCOC(=O)CCCN. The molecule has 0 unspecified atom stereocenters. The van der Waals surface area contributed by atoms with Crippen molar-refractivity contribution in [2.75, 3.05) is 19.9 Å². The summed E-state index contributed by atoms with van der Waals surface area (Å²) in [6.45, 7) is 3.49. The second-order valence-corrected chi connectivity index (χ2v) is 8.16. The second kappa shape index (κ2) is 12.8. The second-order valence-electron chi connectivity index (χ2n) is 7.73. The summed E-state index contributed by atoms with van der Waals surface area (Å²) in [4.78, 5) is 35.8. The van der Waals surface area contributed by atoms with Gasteiger partial charge in [0.1, 0.15) is 5.75 Å². The molecule has 0 heterocycles. The molecule has 0 radical (unpaired) electrons. The molecule has 0 aliphatic rings. The summed E-state index contributed by atoms with van der Waals surface area (Å²) in [5.41, 5.74) is 5.58. The first-order valence-corrected chi connectivity index (χ1v) is 10.9. The van der Waals surface area contributed by atoms with E-state index < -0.39 is 24.3 Å². The Hall–Kier alpha value is -3.10. The minimum atomic E-state index is -1.28. The van der Waals surface area contributed by atoms with E-state index in [0.717, 1.165) is 5.56 Å². The van der Waals surface area contributed by atoms with E-state index in [1.54, 1.807) is 50.2 Å². The van der Waals surface area contributed by atoms with Crippen molar-refractivity contribution in [3.63, 3.8) is 0 Å². The van der Waals surface area contributed by atoms with Gasteiger partial charge >= 0.3 is 11.9 Å². The molecule has 0 aromatic heterocycles. The maximum absolute atomic E-state index is 12.3. The van der Waals surface area contributed by atoms with Gasteiger partial charge in [-0.1, -0.05) is 23.7 Å². The highest BCUT2D eigenvalue weighted by atomic mass is 35.5. The summed E-state index contributed by atoms with van der Waals surface area (Å²) < 4.78 is 15.6. The highest BCUT2D eigenvalue weighted by Gasteiger charge is 2.32. The third-order valence-corrected chi connectivity index (χ3v) is 4.84. The first-order valence-electron chi connectivity index (χ1n) is 10.6. The van der Waals surface area contributed by atoms with Crippen LogP contribution in [0.3, 0.4) is 0 Å². The van der Waals surface area contributed by atoms with Gasteiger partial charge in [-0.2, -0.15) is 0 Å². The number of hydrogen-bond donors (Lipinski definition) is 2. The van der Waals surface area contributed by atoms with Crippen LogP contribution in [0.4, 0.5) is 0 Å². The Morgan fingerprint density at radius 3 is 2.30 bits per heavy atom. The molecule has 2 aromatic carbocycles. The lowest BCUT2D eigenvalue weighted by atomic mass is 10.1. The number of carbonyl (C=O) groups is 3. The third-order valence-electron chi connectivity index (χ3n) is 4.59. The van der Waals surface area contributed by atoms with Crippen LogP contribution in [0.2, 0.25) is 5.02 Å². The molecule has 0 bridgehead atoms. The van der Waals surface area contributed by atoms with Gasteiger partial charge in [0, 0.05) is 23.6 Å². The quantitative estimate of drug-likeness (QED) is 0.356. The van der Waals surface area contributed by atoms with Crippen LogP contribution in [0.15, 0.2) is 48.5 Å². The van der Waals surface area contributed by atoms with Gasteiger partial charge in [-0.05, 0) is 75.2 Å². The van der Waals surface area contributed by atoms with Gasteiger partial charge in [0.2, 0.25) is 6.79 Å². The van der Waals surface area contributed by atoms with Crippen molar-refractivity contribution in [1.82, 2.24) is 5.32 Å². The topological polar surface area (TPSA) is 117 Å². The molecule has 1 amide bonds. The zero-order chi connectivity index (χ0) is 24.3. The molecule has 0 aliphatic carbocycles. The fraction of sp³-hybridized carbons (Fsp3) is 0.375. The molecule has 2 aromatic rings. The number of nitrogens with one attached hydrogen (secondary N) is 1. The average molecular weight is 477 g/mol. The van der Waals surface area contributed by atoms with E-state index in [-0.39, 0.29) is 12.3 Å². The van der Waals surface area contributed by atoms with E-state index in [9.17, 15) is 14.4 Å². The van der Waals surface area contributed by atoms with Gasteiger partial charge in [0.25, 0.3) is 5.91 Å². The van der Waals surface area contributed by atoms with E-state index in [0.29, 0.717) is 42.3 Å². The Morgan fingerprint density at radius 2 is 1.67 bits per heavy atom. The molecule has 0 spiro atoms. The number of hydrogen-bond acceptors (Lipinski definition) is 7. The van der Waals surface area contributed by atoms with Crippen molar-refractivity contribution in [2.45, 2.75) is 38.7 Å². The zero-order valence-electron chi connectivity index (χ0n) is 18.8. The molecule has 2 rings (SSSR count). The van der Waals surface area contributed by atoms with Crippen molar-refractivity contribution < 1.29 is 28.6 Å². The smallest absolute Gasteiger partial charge is 0.352 e. The van der Waals surface area contributed by atoms with E-state index in [4.69, 9.17) is 31.5 Å². The Morgan fingerprint density at radius 1 is 1.00 bits per heavy atom. The molecule has 0 atom stereocenters. The zero-order valence-corrected chi connectivity index (χ0v) is 19.5. The third kappa shape index (κ3) is 9.11. The summed E-state index contributed by atoms with van der Waals surface area (Å²) in [5.74, 6) is -0.835. The Labute approximate surface area is 198 Å². The highest BCUT2D eigenvalue weighted by Crippen LogP contribution is 2.20. The van der Waals surface area contributed by atoms with Gasteiger partial charge in [0.15, 0.2) is 5.60 Å². The van der Waals surface area contributed by atoms with Crippen LogP contribution < -0.4 is 15.8 Å². The fourth-order valence-electron chi connectivity index (χ4n) is 2.73. The van der Waals surface area contributed by atoms with Crippen LogP contribution in [0.5, 0.6) is 5.75 Å². The Kier molecular flexibility index (Phi) is 10.2. The molecule has 0 fully saturated rings. The van der Waals surface area contributed by atoms with Crippen LogP contribution in [0.25, 0.3) is 0 Å². The number of amides is 1. The molecule has 8 nitrogen and oxygen atoms in total. The van der Waals surface area contributed by atoms with E-state index in [1.165, 1.54) is 0 Å². The predicted octanol–water partition coefficient (Wildman–Crippen LogP) is 3.25. The predicted molar refractivity (Wildman–Crippen MR) is 124 cm³/mol. The summed E-state index contributed by atoms with van der Waals surface area (Å²) in [6.07, 6.45) is 1.30. The maximum atomic E-state index is 12.3. The van der Waals surface area contributed by atoms with Crippen LogP contribution in [-0.2, 0) is 25.5 Å². The van der Waals surface area contributed by atoms with Gasteiger partial charge in [0.05, 0.1) is 0 Å². The van der Waals surface area contributed by atoms with Crippen LogP contribution in [-0.4, -0.2) is 43.3 Å². The normalized spacial score (nSPS) is 10.9. The molecular formula is C24H29ClN2O6. The van der Waals surface area contributed by atoms with E-state index in [1.807, 2.05) is 12.1 Å². The Bertz CT molecular complexity index is 929. The minimum Gasteiger partial charge on any atom is -0.476 e. The highest BCUT2D eigenvalue weighted by molar-refractivity contribution is 6.30.